The van der Waals surface area contributed by atoms with Gasteiger partial charge < -0.3 is 15.0 Å². The van der Waals surface area contributed by atoms with Gasteiger partial charge in [0, 0.05) is 11.1 Å². The summed E-state index contributed by atoms with van der Waals surface area (Å²) in [6.07, 6.45) is 0. The lowest BCUT2D eigenvalue weighted by Gasteiger charge is -2.18. The van der Waals surface area contributed by atoms with Gasteiger partial charge in [0.1, 0.15) is 5.75 Å². The van der Waals surface area contributed by atoms with E-state index in [2.05, 4.69) is 10.3 Å². The maximum absolute atomic E-state index is 13.1. The summed E-state index contributed by atoms with van der Waals surface area (Å²) in [7, 11) is 1.61. The number of aromatic amines is 1. The number of aromatic nitrogens is 2. The van der Waals surface area contributed by atoms with Crippen molar-refractivity contribution in [3.63, 3.8) is 0 Å². The van der Waals surface area contributed by atoms with Gasteiger partial charge in [0.25, 0.3) is 11.5 Å². The highest BCUT2D eigenvalue weighted by molar-refractivity contribution is 7.71. The normalized spacial score (nSPS) is 11.8. The number of carbonyl (C=O) groups is 1. The number of H-pyrrole nitrogens is 1. The number of para-hydroxylation sites is 1. The first-order chi connectivity index (χ1) is 15.4. The lowest BCUT2D eigenvalue weighted by molar-refractivity contribution is 0.0939. The van der Waals surface area contributed by atoms with Crippen LogP contribution in [0.4, 0.5) is 0 Å². The zero-order valence-electron chi connectivity index (χ0n) is 18.0. The van der Waals surface area contributed by atoms with E-state index >= 15 is 0 Å². The molecule has 7 heteroatoms. The average Bonchev–Trinajstić information content (AvgIpc) is 2.79. The van der Waals surface area contributed by atoms with Crippen LogP contribution in [0.3, 0.4) is 0 Å². The van der Waals surface area contributed by atoms with E-state index in [4.69, 9.17) is 17.0 Å². The van der Waals surface area contributed by atoms with E-state index in [1.807, 2.05) is 62.4 Å². The number of nitrogens with one attached hydrogen (secondary N) is 2. The molecule has 0 spiro atoms. The molecule has 1 amide bonds. The highest BCUT2D eigenvalue weighted by Gasteiger charge is 2.17. The van der Waals surface area contributed by atoms with Crippen molar-refractivity contribution in [2.24, 2.45) is 0 Å². The van der Waals surface area contributed by atoms with E-state index in [9.17, 15) is 9.59 Å². The second-order valence-electron chi connectivity index (χ2n) is 7.61. The van der Waals surface area contributed by atoms with Gasteiger partial charge in [0.15, 0.2) is 4.77 Å². The lowest BCUT2D eigenvalue weighted by atomic mass is 10.0. The van der Waals surface area contributed by atoms with Crippen molar-refractivity contribution in [2.45, 2.75) is 19.9 Å². The summed E-state index contributed by atoms with van der Waals surface area (Å²) in [6, 6.07) is 19.7. The molecule has 1 aromatic heterocycles. The molecule has 2 N–H and O–H groups in total. The summed E-state index contributed by atoms with van der Waals surface area (Å²) in [5, 5.41) is 3.45. The molecule has 1 unspecified atom stereocenters. The van der Waals surface area contributed by atoms with Gasteiger partial charge in [-0.05, 0) is 62.5 Å². The number of rotatable bonds is 5. The fourth-order valence-corrected chi connectivity index (χ4v) is 4.02. The van der Waals surface area contributed by atoms with Crippen molar-refractivity contribution in [1.82, 2.24) is 14.9 Å². The van der Waals surface area contributed by atoms with E-state index in [0.717, 1.165) is 11.1 Å². The third kappa shape index (κ3) is 4.07. The molecule has 0 aliphatic carbocycles. The molecule has 1 heterocycles. The smallest absolute Gasteiger partial charge is 0.266 e. The zero-order chi connectivity index (χ0) is 22.8. The van der Waals surface area contributed by atoms with Crippen LogP contribution in [0.2, 0.25) is 0 Å². The Balaban J connectivity index is 1.67. The lowest BCUT2D eigenvalue weighted by Crippen LogP contribution is -2.27. The van der Waals surface area contributed by atoms with E-state index in [-0.39, 0.29) is 22.3 Å². The molecular weight excluding hydrogens is 422 g/mol. The summed E-state index contributed by atoms with van der Waals surface area (Å²) < 4.78 is 7.15. The molecule has 4 aromatic rings. The number of aryl methyl sites for hydroxylation is 1. The number of amides is 1. The quantitative estimate of drug-likeness (QED) is 0.430. The monoisotopic (exact) mass is 445 g/mol. The molecule has 0 radical (unpaired) electrons. The van der Waals surface area contributed by atoms with Crippen molar-refractivity contribution >= 4 is 29.0 Å². The predicted molar refractivity (Wildman–Crippen MR) is 128 cm³/mol. The third-order valence-corrected chi connectivity index (χ3v) is 5.66. The fraction of sp³-hybridized carbons (Fsp3) is 0.160. The van der Waals surface area contributed by atoms with Crippen LogP contribution in [0, 0.1) is 11.7 Å². The Morgan fingerprint density at radius 3 is 2.56 bits per heavy atom. The Kier molecular flexibility index (Phi) is 5.92. The Morgan fingerprint density at radius 2 is 1.84 bits per heavy atom. The van der Waals surface area contributed by atoms with Crippen molar-refractivity contribution < 1.29 is 9.53 Å². The summed E-state index contributed by atoms with van der Waals surface area (Å²) in [6.45, 7) is 3.90. The number of hydrogen-bond donors (Lipinski definition) is 2. The first kappa shape index (κ1) is 21.5. The summed E-state index contributed by atoms with van der Waals surface area (Å²) in [5.74, 6) is 0.460. The Hall–Kier alpha value is -3.71. The van der Waals surface area contributed by atoms with E-state index in [1.165, 1.54) is 4.57 Å². The Bertz CT molecular complexity index is 1420. The molecule has 32 heavy (non-hydrogen) atoms. The largest absolute Gasteiger partial charge is 0.496 e. The Morgan fingerprint density at radius 1 is 1.09 bits per heavy atom. The predicted octanol–water partition coefficient (Wildman–Crippen LogP) is 4.86. The molecule has 0 bridgehead atoms. The maximum Gasteiger partial charge on any atom is 0.266 e. The summed E-state index contributed by atoms with van der Waals surface area (Å²) in [5.41, 5.74) is 3.36. The van der Waals surface area contributed by atoms with Gasteiger partial charge in [-0.15, -0.1) is 0 Å². The first-order valence-electron chi connectivity index (χ1n) is 10.2. The highest BCUT2D eigenvalue weighted by atomic mass is 32.1. The molecule has 6 nitrogen and oxygen atoms in total. The second-order valence-corrected chi connectivity index (χ2v) is 7.99. The van der Waals surface area contributed by atoms with Crippen LogP contribution in [-0.4, -0.2) is 22.6 Å². The summed E-state index contributed by atoms with van der Waals surface area (Å²) in [4.78, 5) is 29.1. The zero-order valence-corrected chi connectivity index (χ0v) is 18.8. The number of methoxy groups -OCH3 is 1. The molecule has 4 rings (SSSR count). The fourth-order valence-electron chi connectivity index (χ4n) is 3.72. The van der Waals surface area contributed by atoms with E-state index in [0.29, 0.717) is 27.9 Å². The Labute approximate surface area is 190 Å². The minimum atomic E-state index is -0.266. The van der Waals surface area contributed by atoms with Gasteiger partial charge in [-0.1, -0.05) is 35.9 Å². The molecular formula is C25H23N3O3S. The van der Waals surface area contributed by atoms with Crippen LogP contribution in [0.25, 0.3) is 16.6 Å². The number of carbonyl (C=O) groups excluding carboxylic acids is 1. The van der Waals surface area contributed by atoms with Crippen LogP contribution < -0.4 is 15.6 Å². The van der Waals surface area contributed by atoms with Crippen LogP contribution in [0.5, 0.6) is 5.75 Å². The topological polar surface area (TPSA) is 76.1 Å². The summed E-state index contributed by atoms with van der Waals surface area (Å²) >= 11 is 5.42. The molecule has 3 aromatic carbocycles. The van der Waals surface area contributed by atoms with Gasteiger partial charge in [0.2, 0.25) is 0 Å². The number of nitrogens with zero attached hydrogens (tertiary/aromatic N) is 1. The molecule has 1 atom stereocenters. The molecule has 0 aliphatic rings. The number of benzene rings is 3. The minimum absolute atomic E-state index is 0.236. The van der Waals surface area contributed by atoms with Crippen LogP contribution >= 0.6 is 12.2 Å². The first-order valence-corrected chi connectivity index (χ1v) is 10.6. The van der Waals surface area contributed by atoms with Crippen molar-refractivity contribution in [3.8, 4) is 11.4 Å². The molecule has 162 valence electrons. The van der Waals surface area contributed by atoms with Crippen molar-refractivity contribution in [3.05, 3.63) is 98.5 Å². The standard InChI is InChI=1S/C25H23N3O3S/c1-15-9-12-22(31-3)20(13-15)16(2)26-23(29)17-10-11-19-21(14-17)27-25(32)28(24(19)30)18-7-5-4-6-8-18/h4-14,16H,1-3H3,(H,26,29)(H,27,32). The molecule has 0 fully saturated rings. The van der Waals surface area contributed by atoms with Gasteiger partial charge >= 0.3 is 0 Å². The molecule has 0 aliphatic heterocycles. The maximum atomic E-state index is 13.1. The average molecular weight is 446 g/mol. The highest BCUT2D eigenvalue weighted by Crippen LogP contribution is 2.26. The van der Waals surface area contributed by atoms with Crippen LogP contribution in [0.1, 0.15) is 34.5 Å². The SMILES string of the molecule is COc1ccc(C)cc1C(C)NC(=O)c1ccc2c(=O)n(-c3ccccc3)c(=S)[nH]c2c1. The van der Waals surface area contributed by atoms with Gasteiger partial charge in [-0.25, -0.2) is 0 Å². The van der Waals surface area contributed by atoms with E-state index < -0.39 is 0 Å². The van der Waals surface area contributed by atoms with Crippen LogP contribution in [-0.2, 0) is 0 Å². The molecule has 0 saturated carbocycles. The van der Waals surface area contributed by atoms with Crippen LogP contribution in [0.15, 0.2) is 71.5 Å². The third-order valence-electron chi connectivity index (χ3n) is 5.37. The number of ether oxygens (including phenoxy) is 1. The van der Waals surface area contributed by atoms with E-state index in [1.54, 1.807) is 25.3 Å². The van der Waals surface area contributed by atoms with Gasteiger partial charge in [-0.3, -0.25) is 14.2 Å². The number of fused-ring (bicyclic) bond motifs is 1. The van der Waals surface area contributed by atoms with Gasteiger partial charge in [0.05, 0.1) is 29.7 Å². The second kappa shape index (κ2) is 8.80. The number of hydrogen-bond acceptors (Lipinski definition) is 4. The van der Waals surface area contributed by atoms with Gasteiger partial charge in [-0.2, -0.15) is 0 Å². The van der Waals surface area contributed by atoms with Crippen molar-refractivity contribution in [1.29, 1.82) is 0 Å². The van der Waals surface area contributed by atoms with Crippen molar-refractivity contribution in [2.75, 3.05) is 7.11 Å². The minimum Gasteiger partial charge on any atom is -0.496 e. The molecule has 0 saturated heterocycles.